The van der Waals surface area contributed by atoms with Gasteiger partial charge in [-0.25, -0.2) is 0 Å². The van der Waals surface area contributed by atoms with Crippen molar-refractivity contribution in [1.82, 2.24) is 0 Å². The van der Waals surface area contributed by atoms with Gasteiger partial charge in [0.2, 0.25) is 0 Å². The first-order valence-electron chi connectivity index (χ1n) is 3.42. The zero-order chi connectivity index (χ0) is 8.10. The molecule has 0 aromatic carbocycles. The number of carbonyl (C=O) groups is 1. The molecule has 0 spiro atoms. The van der Waals surface area contributed by atoms with Gasteiger partial charge in [0.1, 0.15) is 5.71 Å². The highest BCUT2D eigenvalue weighted by Crippen LogP contribution is 2.06. The van der Waals surface area contributed by atoms with E-state index >= 15 is 0 Å². The largest absolute Gasteiger partial charge is 0.313 e. The summed E-state index contributed by atoms with van der Waals surface area (Å²) in [4.78, 5) is 10.8. The van der Waals surface area contributed by atoms with Crippen molar-refractivity contribution in [3.63, 3.8) is 0 Å². The number of hydrogen-bond donors (Lipinski definition) is 0. The highest BCUT2D eigenvalue weighted by molar-refractivity contribution is 9.09. The molecule has 0 unspecified atom stereocenters. The standard InChI is InChI=1S/C6H8BrN3O/c7-4-2-1-3-5-6(11)9-10-8-5/h1-4H2. The molecule has 1 aliphatic rings. The zero-order valence-corrected chi connectivity index (χ0v) is 7.54. The molecule has 1 amide bonds. The third-order valence-corrected chi connectivity index (χ3v) is 1.91. The Morgan fingerprint density at radius 2 is 2.18 bits per heavy atom. The molecule has 1 aliphatic heterocycles. The molecule has 0 bridgehead atoms. The third kappa shape index (κ3) is 2.49. The lowest BCUT2D eigenvalue weighted by molar-refractivity contribution is -0.112. The van der Waals surface area contributed by atoms with Gasteiger partial charge >= 0.3 is 5.91 Å². The third-order valence-electron chi connectivity index (χ3n) is 1.35. The molecule has 0 radical (unpaired) electrons. The van der Waals surface area contributed by atoms with Crippen LogP contribution in [-0.4, -0.2) is 16.9 Å². The smallest absolute Gasteiger partial charge is 0.264 e. The van der Waals surface area contributed by atoms with Crippen molar-refractivity contribution < 1.29 is 4.79 Å². The van der Waals surface area contributed by atoms with Crippen molar-refractivity contribution in [2.75, 3.05) is 5.33 Å². The van der Waals surface area contributed by atoms with Crippen LogP contribution in [-0.2, 0) is 4.79 Å². The monoisotopic (exact) mass is 217 g/mol. The predicted octanol–water partition coefficient (Wildman–Crippen LogP) is 1.90. The molecule has 1 rings (SSSR count). The maximum atomic E-state index is 10.8. The molecule has 0 saturated heterocycles. The van der Waals surface area contributed by atoms with Crippen molar-refractivity contribution in [2.24, 2.45) is 15.4 Å². The van der Waals surface area contributed by atoms with Gasteiger partial charge in [0, 0.05) is 5.33 Å². The van der Waals surface area contributed by atoms with Crippen LogP contribution in [0.1, 0.15) is 19.3 Å². The van der Waals surface area contributed by atoms with Gasteiger partial charge in [-0.2, -0.15) is 0 Å². The van der Waals surface area contributed by atoms with E-state index in [4.69, 9.17) is 0 Å². The number of halogens is 1. The van der Waals surface area contributed by atoms with E-state index in [2.05, 4.69) is 31.4 Å². The number of rotatable bonds is 4. The lowest BCUT2D eigenvalue weighted by atomic mass is 10.2. The van der Waals surface area contributed by atoms with Crippen LogP contribution in [0.25, 0.3) is 0 Å². The van der Waals surface area contributed by atoms with Gasteiger partial charge in [0.05, 0.1) is 0 Å². The van der Waals surface area contributed by atoms with Crippen molar-refractivity contribution >= 4 is 27.5 Å². The Bertz CT molecular complexity index is 212. The highest BCUT2D eigenvalue weighted by Gasteiger charge is 2.14. The summed E-state index contributed by atoms with van der Waals surface area (Å²) in [5.74, 6) is -0.278. The van der Waals surface area contributed by atoms with Crippen LogP contribution in [0.3, 0.4) is 0 Å². The van der Waals surface area contributed by atoms with Gasteiger partial charge in [-0.1, -0.05) is 21.0 Å². The molecule has 0 aromatic heterocycles. The SMILES string of the molecule is O=C1N=NN=C1CCCCBr. The number of nitrogens with zero attached hydrogens (tertiary/aromatic N) is 3. The predicted molar refractivity (Wildman–Crippen MR) is 44.9 cm³/mol. The first kappa shape index (κ1) is 8.52. The minimum absolute atomic E-state index is 0.278. The molecule has 0 atom stereocenters. The second kappa shape index (κ2) is 4.33. The molecule has 4 nitrogen and oxygen atoms in total. The van der Waals surface area contributed by atoms with E-state index in [9.17, 15) is 4.79 Å². The molecule has 0 aliphatic carbocycles. The second-order valence-electron chi connectivity index (χ2n) is 2.19. The first-order chi connectivity index (χ1) is 5.34. The van der Waals surface area contributed by atoms with Crippen LogP contribution in [0.2, 0.25) is 0 Å². The quantitative estimate of drug-likeness (QED) is 0.525. The molecular formula is C6H8BrN3O. The summed E-state index contributed by atoms with van der Waals surface area (Å²) in [6.07, 6.45) is 2.70. The number of alkyl halides is 1. The van der Waals surface area contributed by atoms with E-state index in [1.54, 1.807) is 0 Å². The Labute approximate surface area is 72.9 Å². The molecular weight excluding hydrogens is 210 g/mol. The average molecular weight is 218 g/mol. The van der Waals surface area contributed by atoms with Crippen LogP contribution in [0.4, 0.5) is 0 Å². The second-order valence-corrected chi connectivity index (χ2v) is 2.98. The fourth-order valence-electron chi connectivity index (χ4n) is 0.761. The minimum atomic E-state index is -0.278. The zero-order valence-electron chi connectivity index (χ0n) is 5.96. The summed E-state index contributed by atoms with van der Waals surface area (Å²) in [6, 6.07) is 0. The van der Waals surface area contributed by atoms with Crippen LogP contribution in [0, 0.1) is 0 Å². The van der Waals surface area contributed by atoms with E-state index in [1.165, 1.54) is 0 Å². The Morgan fingerprint density at radius 3 is 2.73 bits per heavy atom. The molecule has 0 fully saturated rings. The Balaban J connectivity index is 2.23. The van der Waals surface area contributed by atoms with E-state index in [-0.39, 0.29) is 5.91 Å². The van der Waals surface area contributed by atoms with E-state index in [1.807, 2.05) is 0 Å². The van der Waals surface area contributed by atoms with Crippen LogP contribution in [0.5, 0.6) is 0 Å². The lowest BCUT2D eigenvalue weighted by Gasteiger charge is -1.93. The number of hydrogen-bond acceptors (Lipinski definition) is 3. The molecule has 0 N–H and O–H groups in total. The van der Waals surface area contributed by atoms with Gasteiger partial charge in [-0.3, -0.25) is 4.79 Å². The maximum Gasteiger partial charge on any atom is 0.313 e. The summed E-state index contributed by atoms with van der Waals surface area (Å²) in [6.45, 7) is 0. The molecule has 1 heterocycles. The molecule has 11 heavy (non-hydrogen) atoms. The minimum Gasteiger partial charge on any atom is -0.264 e. The summed E-state index contributed by atoms with van der Waals surface area (Å²) in [7, 11) is 0. The Morgan fingerprint density at radius 1 is 1.36 bits per heavy atom. The van der Waals surface area contributed by atoms with Gasteiger partial charge in [-0.15, -0.1) is 5.10 Å². The van der Waals surface area contributed by atoms with Crippen molar-refractivity contribution in [3.05, 3.63) is 0 Å². The van der Waals surface area contributed by atoms with Gasteiger partial charge in [0.15, 0.2) is 0 Å². The van der Waals surface area contributed by atoms with Crippen molar-refractivity contribution in [2.45, 2.75) is 19.3 Å². The number of amides is 1. The van der Waals surface area contributed by atoms with Gasteiger partial charge < -0.3 is 0 Å². The van der Waals surface area contributed by atoms with E-state index in [0.717, 1.165) is 18.2 Å². The molecule has 5 heteroatoms. The Hall–Kier alpha value is -0.580. The maximum absolute atomic E-state index is 10.8. The topological polar surface area (TPSA) is 54.1 Å². The summed E-state index contributed by atoms with van der Waals surface area (Å²) < 4.78 is 0. The van der Waals surface area contributed by atoms with Crippen LogP contribution < -0.4 is 0 Å². The summed E-state index contributed by atoms with van der Waals surface area (Å²) in [5.41, 5.74) is 0.492. The summed E-state index contributed by atoms with van der Waals surface area (Å²) >= 11 is 3.30. The van der Waals surface area contributed by atoms with E-state index in [0.29, 0.717) is 12.1 Å². The molecule has 0 aromatic rings. The number of carbonyl (C=O) groups excluding carboxylic acids is 1. The summed E-state index contributed by atoms with van der Waals surface area (Å²) in [5, 5.41) is 11.1. The molecule has 0 saturated carbocycles. The fraction of sp³-hybridized carbons (Fsp3) is 0.667. The normalized spacial score (nSPS) is 15.7. The van der Waals surface area contributed by atoms with E-state index < -0.39 is 0 Å². The van der Waals surface area contributed by atoms with Gasteiger partial charge in [-0.05, 0) is 24.5 Å². The van der Waals surface area contributed by atoms with Crippen molar-refractivity contribution in [3.8, 4) is 0 Å². The van der Waals surface area contributed by atoms with Crippen LogP contribution >= 0.6 is 15.9 Å². The lowest BCUT2D eigenvalue weighted by Crippen LogP contribution is -2.06. The Kier molecular flexibility index (Phi) is 3.35. The van der Waals surface area contributed by atoms with Crippen LogP contribution in [0.15, 0.2) is 15.4 Å². The fourth-order valence-corrected chi connectivity index (χ4v) is 1.16. The highest BCUT2D eigenvalue weighted by atomic mass is 79.9. The van der Waals surface area contributed by atoms with Crippen molar-refractivity contribution in [1.29, 1.82) is 0 Å². The van der Waals surface area contributed by atoms with Gasteiger partial charge in [0.25, 0.3) is 0 Å². The first-order valence-corrected chi connectivity index (χ1v) is 4.54. The number of unbranched alkanes of at least 4 members (excludes halogenated alkanes) is 1. The average Bonchev–Trinajstić information content (AvgIpc) is 2.37. The molecule has 60 valence electrons.